The monoisotopic (exact) mass is 784 g/mol. The highest BCUT2D eigenvalue weighted by atomic mass is 127. The number of fused-ring (bicyclic) bond motifs is 8. The molecule has 1 aliphatic rings. The molecule has 0 radical (unpaired) electrons. The van der Waals surface area contributed by atoms with E-state index in [1.54, 1.807) is 11.8 Å². The first-order valence-corrected chi connectivity index (χ1v) is 19.1. The molecule has 0 bridgehead atoms. The van der Waals surface area contributed by atoms with Crippen LogP contribution in [0, 0.1) is 6.92 Å². The summed E-state index contributed by atoms with van der Waals surface area (Å²) < 4.78 is 6.91. The van der Waals surface area contributed by atoms with E-state index >= 15 is 0 Å². The van der Waals surface area contributed by atoms with E-state index in [0.717, 1.165) is 27.2 Å². The van der Waals surface area contributed by atoms with Crippen molar-refractivity contribution < 1.29 is 4.74 Å². The Morgan fingerprint density at radius 1 is 0.660 bits per heavy atom. The van der Waals surface area contributed by atoms with E-state index in [0.29, 0.717) is 6.67 Å². The lowest BCUT2D eigenvalue weighted by Crippen LogP contribution is -2.13. The first-order chi connectivity index (χ1) is 24.4. The number of halogens is 1. The van der Waals surface area contributed by atoms with Crippen molar-refractivity contribution >= 4 is 72.4 Å². The van der Waals surface area contributed by atoms with Crippen molar-refractivity contribution in [2.45, 2.75) is 28.1 Å². The molecule has 8 rings (SSSR count). The zero-order chi connectivity index (χ0) is 34.9. The van der Waals surface area contributed by atoms with Crippen LogP contribution in [-0.2, 0) is 4.43 Å². The van der Waals surface area contributed by atoms with Crippen molar-refractivity contribution in [1.82, 2.24) is 4.90 Å². The highest BCUT2D eigenvalue weighted by Crippen LogP contribution is 2.47. The maximum Gasteiger partial charge on any atom is 0.141 e. The van der Waals surface area contributed by atoms with Gasteiger partial charge < -0.3 is 4.74 Å². The maximum atomic E-state index is 5.90. The highest BCUT2D eigenvalue weighted by Gasteiger charge is 2.17. The van der Waals surface area contributed by atoms with Crippen LogP contribution in [0.2, 0.25) is 0 Å². The predicted molar refractivity (Wildman–Crippen MR) is 225 cm³/mol. The fourth-order valence-electron chi connectivity index (χ4n) is 5.90. The Labute approximate surface area is 313 Å². The van der Waals surface area contributed by atoms with E-state index in [-0.39, 0.29) is 0 Å². The second-order valence-corrected chi connectivity index (χ2v) is 14.2. The minimum absolute atomic E-state index is 0.717. The smallest absolute Gasteiger partial charge is 0.141 e. The number of rotatable bonds is 5. The maximum absolute atomic E-state index is 5.90. The molecule has 0 aliphatic carbocycles. The molecule has 0 atom stereocenters. The SMILES string of the molecule is C/C=C/C(=N\CN(C)C)c1ccccc1.Cc1ccc2c3ccccc3c3ccccc3c2c1.ICc1ccc2c(c1)Oc1ccccc1S2. The van der Waals surface area contributed by atoms with Crippen molar-refractivity contribution in [3.8, 4) is 11.5 Å². The quantitative estimate of drug-likeness (QED) is 0.0752. The molecule has 7 aromatic rings. The average Bonchev–Trinajstić information content (AvgIpc) is 3.16. The standard InChI is InChI=1S/C19H14.C13H9IOS.C13H18N2/c1-13-10-11-18-16-8-3-2-6-14(16)15-7-4-5-9-17(15)19(18)12-13;14-8-9-5-6-13-11(7-9)15-10-3-1-2-4-12(10)16-13;1-4-8-13(14-11-15(2)3)12-9-6-5-7-10-12/h2-12H,1H3;1-7H,8H2;4-10H,11H2,1-3H3/b;;8-4+,14-13+. The van der Waals surface area contributed by atoms with Gasteiger partial charge in [-0.15, -0.1) is 0 Å². The molecule has 0 amide bonds. The van der Waals surface area contributed by atoms with Gasteiger partial charge in [0.2, 0.25) is 0 Å². The summed E-state index contributed by atoms with van der Waals surface area (Å²) in [4.78, 5) is 8.98. The van der Waals surface area contributed by atoms with Crippen LogP contribution >= 0.6 is 34.4 Å². The molecule has 50 heavy (non-hydrogen) atoms. The highest BCUT2D eigenvalue weighted by molar-refractivity contribution is 14.1. The molecule has 0 aromatic heterocycles. The fraction of sp³-hybridized carbons (Fsp3) is 0.133. The van der Waals surface area contributed by atoms with E-state index in [4.69, 9.17) is 4.74 Å². The third-order valence-corrected chi connectivity index (χ3v) is 10.3. The van der Waals surface area contributed by atoms with Crippen LogP contribution in [-0.4, -0.2) is 31.4 Å². The number of hydrogen-bond acceptors (Lipinski definition) is 4. The van der Waals surface area contributed by atoms with E-state index in [1.807, 2.05) is 74.5 Å². The molecule has 0 spiro atoms. The summed E-state index contributed by atoms with van der Waals surface area (Å²) in [5.74, 6) is 1.95. The summed E-state index contributed by atoms with van der Waals surface area (Å²) in [6, 6.07) is 48.9. The van der Waals surface area contributed by atoms with Gasteiger partial charge in [0.15, 0.2) is 0 Å². The van der Waals surface area contributed by atoms with Crippen LogP contribution in [0.3, 0.4) is 0 Å². The minimum atomic E-state index is 0.717. The number of ether oxygens (including phenoxy) is 1. The van der Waals surface area contributed by atoms with Crippen LogP contribution in [0.25, 0.3) is 32.3 Å². The predicted octanol–water partition coefficient (Wildman–Crippen LogP) is 12.9. The number of benzene rings is 7. The minimum Gasteiger partial charge on any atom is -0.455 e. The summed E-state index contributed by atoms with van der Waals surface area (Å²) in [7, 11) is 4.03. The van der Waals surface area contributed by atoms with E-state index in [1.165, 1.54) is 53.2 Å². The molecule has 3 nitrogen and oxygen atoms in total. The molecule has 250 valence electrons. The number of nitrogens with zero attached hydrogens (tertiary/aromatic N) is 2. The lowest BCUT2D eigenvalue weighted by Gasteiger charge is -2.19. The number of allylic oxidation sites excluding steroid dienone is 2. The second kappa shape index (κ2) is 17.0. The molecule has 0 N–H and O–H groups in total. The largest absolute Gasteiger partial charge is 0.455 e. The van der Waals surface area contributed by atoms with Gasteiger partial charge in [-0.2, -0.15) is 0 Å². The Hall–Kier alpha value is -4.43. The van der Waals surface area contributed by atoms with Crippen LogP contribution in [0.15, 0.2) is 166 Å². The molecule has 1 aliphatic heterocycles. The lowest BCUT2D eigenvalue weighted by molar-refractivity contribution is 0.424. The molecular weight excluding hydrogens is 743 g/mol. The van der Waals surface area contributed by atoms with E-state index < -0.39 is 0 Å². The lowest BCUT2D eigenvalue weighted by atomic mass is 9.93. The Balaban J connectivity index is 0.000000131. The van der Waals surface area contributed by atoms with Crippen LogP contribution in [0.1, 0.15) is 23.6 Å². The van der Waals surface area contributed by atoms with Crippen molar-refractivity contribution in [3.05, 3.63) is 168 Å². The molecule has 0 unspecified atom stereocenters. The second-order valence-electron chi connectivity index (χ2n) is 12.3. The zero-order valence-electron chi connectivity index (χ0n) is 28.9. The van der Waals surface area contributed by atoms with Crippen LogP contribution < -0.4 is 4.74 Å². The summed E-state index contributed by atoms with van der Waals surface area (Å²) in [6.45, 7) is 4.88. The average molecular weight is 785 g/mol. The number of para-hydroxylation sites is 1. The van der Waals surface area contributed by atoms with Gasteiger partial charge in [-0.1, -0.05) is 161 Å². The Morgan fingerprint density at radius 2 is 1.24 bits per heavy atom. The Kier molecular flexibility index (Phi) is 12.0. The Morgan fingerprint density at radius 3 is 1.88 bits per heavy atom. The van der Waals surface area contributed by atoms with E-state index in [2.05, 4.69) is 138 Å². The first kappa shape index (κ1) is 35.4. The summed E-state index contributed by atoms with van der Waals surface area (Å²) in [5, 5.41) is 8.08. The topological polar surface area (TPSA) is 24.8 Å². The van der Waals surface area contributed by atoms with Gasteiger partial charge in [0.1, 0.15) is 11.5 Å². The fourth-order valence-corrected chi connectivity index (χ4v) is 7.31. The third kappa shape index (κ3) is 8.47. The van der Waals surface area contributed by atoms with Gasteiger partial charge in [0, 0.05) is 4.43 Å². The van der Waals surface area contributed by atoms with Gasteiger partial charge >= 0.3 is 0 Å². The normalized spacial score (nSPS) is 12.2. The van der Waals surface area contributed by atoms with Crippen molar-refractivity contribution in [2.75, 3.05) is 20.8 Å². The van der Waals surface area contributed by atoms with Gasteiger partial charge in [-0.25, -0.2) is 0 Å². The van der Waals surface area contributed by atoms with E-state index in [9.17, 15) is 0 Å². The number of aryl methyl sites for hydroxylation is 1. The number of alkyl halides is 1. The molecular formula is C45H41IN2OS. The van der Waals surface area contributed by atoms with Gasteiger partial charge in [-0.05, 0) is 102 Å². The number of aliphatic imine (C=N–C) groups is 1. The summed E-state index contributed by atoms with van der Waals surface area (Å²) >= 11 is 4.14. The van der Waals surface area contributed by atoms with Gasteiger partial charge in [-0.3, -0.25) is 9.89 Å². The van der Waals surface area contributed by atoms with Gasteiger partial charge in [0.25, 0.3) is 0 Å². The zero-order valence-corrected chi connectivity index (χ0v) is 31.9. The molecule has 0 saturated carbocycles. The van der Waals surface area contributed by atoms with Crippen molar-refractivity contribution in [1.29, 1.82) is 0 Å². The molecule has 1 heterocycles. The molecule has 7 aromatic carbocycles. The van der Waals surface area contributed by atoms with Crippen molar-refractivity contribution in [3.63, 3.8) is 0 Å². The third-order valence-electron chi connectivity index (χ3n) is 8.27. The molecule has 0 saturated heterocycles. The first-order valence-electron chi connectivity index (χ1n) is 16.8. The van der Waals surface area contributed by atoms with Gasteiger partial charge in [0.05, 0.1) is 22.2 Å². The van der Waals surface area contributed by atoms with Crippen molar-refractivity contribution in [2.24, 2.45) is 4.99 Å². The molecule has 5 heteroatoms. The summed E-state index contributed by atoms with van der Waals surface area (Å²) in [6.07, 6.45) is 4.06. The van der Waals surface area contributed by atoms with Crippen LogP contribution in [0.5, 0.6) is 11.5 Å². The van der Waals surface area contributed by atoms with Crippen LogP contribution in [0.4, 0.5) is 0 Å². The Bertz CT molecular complexity index is 2260. The summed E-state index contributed by atoms with van der Waals surface area (Å²) in [5.41, 5.74) is 4.82. The molecule has 0 fully saturated rings. The number of hydrogen-bond donors (Lipinski definition) is 0.